The van der Waals surface area contributed by atoms with E-state index in [-0.39, 0.29) is 19.1 Å². The van der Waals surface area contributed by atoms with Crippen LogP contribution in [0.4, 0.5) is 4.79 Å². The fourth-order valence-corrected chi connectivity index (χ4v) is 5.42. The maximum Gasteiger partial charge on any atom is 0.408 e. The molecule has 4 atom stereocenters. The maximum absolute atomic E-state index is 14.0. The molecule has 2 aliphatic rings. The average molecular weight is 622 g/mol. The number of ether oxygens (including phenoxy) is 3. The smallest absolute Gasteiger partial charge is 0.408 e. The quantitative estimate of drug-likeness (QED) is 0.227. The van der Waals surface area contributed by atoms with Crippen molar-refractivity contribution in [2.24, 2.45) is 5.92 Å². The van der Waals surface area contributed by atoms with Gasteiger partial charge in [-0.05, 0) is 57.1 Å². The molecule has 11 heteroatoms. The summed E-state index contributed by atoms with van der Waals surface area (Å²) in [6.45, 7) is 9.29. The molecule has 2 aromatic rings. The van der Waals surface area contributed by atoms with E-state index in [9.17, 15) is 24.0 Å². The van der Waals surface area contributed by atoms with Crippen LogP contribution < -0.4 is 5.32 Å². The van der Waals surface area contributed by atoms with E-state index in [2.05, 4.69) is 5.32 Å². The molecule has 2 aliphatic heterocycles. The number of rotatable bonds is 11. The molecule has 0 bridgehead atoms. The average Bonchev–Trinajstić information content (AvgIpc) is 3.55. The summed E-state index contributed by atoms with van der Waals surface area (Å²) in [5.74, 6) is -2.35. The van der Waals surface area contributed by atoms with Gasteiger partial charge < -0.3 is 29.3 Å². The molecule has 0 radical (unpaired) electrons. The van der Waals surface area contributed by atoms with E-state index in [0.29, 0.717) is 25.8 Å². The van der Waals surface area contributed by atoms with Crippen LogP contribution in [0.2, 0.25) is 0 Å². The molecule has 0 aromatic heterocycles. The highest BCUT2D eigenvalue weighted by molar-refractivity contribution is 6.03. The van der Waals surface area contributed by atoms with Crippen LogP contribution in [0.25, 0.3) is 0 Å². The van der Waals surface area contributed by atoms with E-state index in [4.69, 9.17) is 14.2 Å². The van der Waals surface area contributed by atoms with Gasteiger partial charge in [0.1, 0.15) is 30.9 Å². The summed E-state index contributed by atoms with van der Waals surface area (Å²) < 4.78 is 16.4. The number of nitrogens with one attached hydrogen (secondary N) is 1. The topological polar surface area (TPSA) is 131 Å². The summed E-state index contributed by atoms with van der Waals surface area (Å²) in [4.78, 5) is 69.4. The van der Waals surface area contributed by atoms with Crippen molar-refractivity contribution in [3.8, 4) is 0 Å². The van der Waals surface area contributed by atoms with Gasteiger partial charge in [-0.1, -0.05) is 74.5 Å². The molecular formula is C34H43N3O8. The van der Waals surface area contributed by atoms with Crippen LogP contribution in [0.1, 0.15) is 65.0 Å². The Kier molecular flexibility index (Phi) is 10.8. The molecule has 242 valence electrons. The van der Waals surface area contributed by atoms with E-state index >= 15 is 0 Å². The van der Waals surface area contributed by atoms with Crippen molar-refractivity contribution in [3.63, 3.8) is 0 Å². The third kappa shape index (κ3) is 9.06. The number of carbonyl (C=O) groups excluding carboxylic acids is 5. The maximum atomic E-state index is 14.0. The molecule has 2 heterocycles. The predicted molar refractivity (Wildman–Crippen MR) is 164 cm³/mol. The van der Waals surface area contributed by atoms with Gasteiger partial charge in [-0.15, -0.1) is 0 Å². The van der Waals surface area contributed by atoms with Gasteiger partial charge in [0.25, 0.3) is 0 Å². The van der Waals surface area contributed by atoms with Gasteiger partial charge in [0.05, 0.1) is 0 Å². The highest BCUT2D eigenvalue weighted by atomic mass is 16.6. The Morgan fingerprint density at radius 2 is 1.36 bits per heavy atom. The van der Waals surface area contributed by atoms with Crippen molar-refractivity contribution in [2.75, 3.05) is 6.54 Å². The Bertz CT molecular complexity index is 1300. The second-order valence-corrected chi connectivity index (χ2v) is 12.8. The zero-order chi connectivity index (χ0) is 32.7. The molecule has 45 heavy (non-hydrogen) atoms. The molecule has 0 saturated carbocycles. The Morgan fingerprint density at radius 3 is 1.82 bits per heavy atom. The van der Waals surface area contributed by atoms with Crippen LogP contribution in [0.3, 0.4) is 0 Å². The van der Waals surface area contributed by atoms with Crippen molar-refractivity contribution in [1.29, 1.82) is 0 Å². The lowest BCUT2D eigenvalue weighted by atomic mass is 10.0. The van der Waals surface area contributed by atoms with Gasteiger partial charge in [0.2, 0.25) is 11.8 Å². The summed E-state index contributed by atoms with van der Waals surface area (Å²) in [5, 5.41) is 2.68. The highest BCUT2D eigenvalue weighted by Gasteiger charge is 2.63. The number of esters is 2. The Labute approximate surface area is 264 Å². The minimum atomic E-state index is -1.17. The number of amides is 3. The Hall–Kier alpha value is -4.41. The van der Waals surface area contributed by atoms with Crippen molar-refractivity contribution in [1.82, 2.24) is 15.1 Å². The fraction of sp³-hybridized carbons (Fsp3) is 0.500. The number of hydrogen-bond donors (Lipinski definition) is 1. The lowest BCUT2D eigenvalue weighted by Gasteiger charge is -2.30. The van der Waals surface area contributed by atoms with Crippen molar-refractivity contribution in [2.45, 2.75) is 96.9 Å². The zero-order valence-electron chi connectivity index (χ0n) is 26.6. The number of alkyl carbamates (subject to hydrolysis) is 1. The Morgan fingerprint density at radius 1 is 0.844 bits per heavy atom. The molecule has 0 spiro atoms. The van der Waals surface area contributed by atoms with E-state index in [1.54, 1.807) is 45.0 Å². The molecule has 0 aliphatic carbocycles. The summed E-state index contributed by atoms with van der Waals surface area (Å²) in [6, 6.07) is 14.0. The second-order valence-electron chi connectivity index (χ2n) is 12.8. The first-order valence-electron chi connectivity index (χ1n) is 15.4. The van der Waals surface area contributed by atoms with Gasteiger partial charge >= 0.3 is 18.0 Å². The monoisotopic (exact) mass is 621 g/mol. The predicted octanol–water partition coefficient (Wildman–Crippen LogP) is 3.98. The van der Waals surface area contributed by atoms with Gasteiger partial charge in [-0.2, -0.15) is 0 Å². The molecule has 2 fully saturated rings. The van der Waals surface area contributed by atoms with Crippen LogP contribution in [-0.2, 0) is 46.6 Å². The molecule has 11 nitrogen and oxygen atoms in total. The third-order valence-corrected chi connectivity index (χ3v) is 7.51. The van der Waals surface area contributed by atoms with Crippen LogP contribution in [0.15, 0.2) is 60.7 Å². The van der Waals surface area contributed by atoms with Crippen LogP contribution >= 0.6 is 0 Å². The molecule has 4 rings (SSSR count). The van der Waals surface area contributed by atoms with Gasteiger partial charge in [0.15, 0.2) is 12.1 Å². The largest absolute Gasteiger partial charge is 0.459 e. The third-order valence-electron chi connectivity index (χ3n) is 7.51. The van der Waals surface area contributed by atoms with Gasteiger partial charge in [0, 0.05) is 6.54 Å². The molecule has 3 amide bonds. The minimum Gasteiger partial charge on any atom is -0.459 e. The van der Waals surface area contributed by atoms with E-state index in [1.807, 2.05) is 50.2 Å². The van der Waals surface area contributed by atoms with Crippen molar-refractivity contribution in [3.05, 3.63) is 71.8 Å². The fourth-order valence-electron chi connectivity index (χ4n) is 5.42. The SMILES string of the molecule is CC(C)C[C@H](NC(=O)OC(C)(C)C)C(=O)N1CCC[C@H]1C(=O)N1[C@H](C(=O)OCc2ccccc2)[C@H]1C(=O)OCc1ccccc1. The molecule has 2 aromatic carbocycles. The van der Waals surface area contributed by atoms with Gasteiger partial charge in [-0.25, -0.2) is 14.4 Å². The molecule has 0 unspecified atom stereocenters. The lowest BCUT2D eigenvalue weighted by Crippen LogP contribution is -2.53. The van der Waals surface area contributed by atoms with Gasteiger partial charge in [-0.3, -0.25) is 9.59 Å². The normalized spacial score (nSPS) is 19.9. The first-order chi connectivity index (χ1) is 21.4. The van der Waals surface area contributed by atoms with E-state index in [0.717, 1.165) is 16.0 Å². The molecule has 2 saturated heterocycles. The second kappa shape index (κ2) is 14.6. The molecule has 1 N–H and O–H groups in total. The number of carbonyl (C=O) groups is 5. The van der Waals surface area contributed by atoms with E-state index in [1.165, 1.54) is 4.90 Å². The highest BCUT2D eigenvalue weighted by Crippen LogP contribution is 2.35. The van der Waals surface area contributed by atoms with E-state index < -0.39 is 59.6 Å². The standard InChI is InChI=1S/C34H43N3O8/c1-22(2)19-25(35-33(42)45-34(3,4)5)29(38)36-18-12-17-26(36)30(39)37-27(31(40)43-20-23-13-8-6-9-14-23)28(37)32(41)44-21-24-15-10-7-11-16-24/h6-11,13-16,22,25-28H,12,17-21H2,1-5H3,(H,35,42)/t25-,26-,27-,28-/m0/s1. The van der Waals surface area contributed by atoms with Crippen molar-refractivity contribution < 1.29 is 38.2 Å². The van der Waals surface area contributed by atoms with Crippen molar-refractivity contribution >= 4 is 29.8 Å². The van der Waals surface area contributed by atoms with Crippen LogP contribution in [-0.4, -0.2) is 76.0 Å². The molecular weight excluding hydrogens is 578 g/mol. The summed E-state index contributed by atoms with van der Waals surface area (Å²) in [5.41, 5.74) is 0.762. The minimum absolute atomic E-state index is 0.0226. The number of likely N-dealkylation sites (tertiary alicyclic amines) is 1. The summed E-state index contributed by atoms with van der Waals surface area (Å²) in [7, 11) is 0. The number of hydrogen-bond acceptors (Lipinski definition) is 8. The summed E-state index contributed by atoms with van der Waals surface area (Å²) in [6.07, 6.45) is 0.502. The zero-order valence-corrected chi connectivity index (χ0v) is 26.6. The Balaban J connectivity index is 1.49. The number of nitrogens with zero attached hydrogens (tertiary/aromatic N) is 2. The first kappa shape index (κ1) is 33.5. The van der Waals surface area contributed by atoms with Crippen LogP contribution in [0, 0.1) is 5.92 Å². The summed E-state index contributed by atoms with van der Waals surface area (Å²) >= 11 is 0. The lowest BCUT2D eigenvalue weighted by molar-refractivity contribution is -0.148. The van der Waals surface area contributed by atoms with Crippen LogP contribution in [0.5, 0.6) is 0 Å². The first-order valence-corrected chi connectivity index (χ1v) is 15.4. The number of benzene rings is 2.